The molecule has 1 heterocycles. The van der Waals surface area contributed by atoms with E-state index in [-0.39, 0.29) is 0 Å². The van der Waals surface area contributed by atoms with Crippen molar-refractivity contribution in [2.75, 3.05) is 17.7 Å². The first-order valence-electron chi connectivity index (χ1n) is 6.72. The SMILES string of the molecule is CCc1nc(N)c(C)c(N(C)C(C)CC(C)C)n1. The highest BCUT2D eigenvalue weighted by atomic mass is 15.2. The molecule has 102 valence electrons. The Balaban J connectivity index is 3.04. The minimum absolute atomic E-state index is 0.447. The van der Waals surface area contributed by atoms with Crippen molar-refractivity contribution in [2.45, 2.75) is 53.5 Å². The molecule has 1 rings (SSSR count). The summed E-state index contributed by atoms with van der Waals surface area (Å²) in [6.45, 7) is 10.7. The molecule has 4 nitrogen and oxygen atoms in total. The number of nitrogens with zero attached hydrogens (tertiary/aromatic N) is 3. The second kappa shape index (κ2) is 6.03. The van der Waals surface area contributed by atoms with Crippen molar-refractivity contribution in [3.05, 3.63) is 11.4 Å². The maximum absolute atomic E-state index is 5.96. The van der Waals surface area contributed by atoms with Gasteiger partial charge in [0, 0.05) is 25.1 Å². The van der Waals surface area contributed by atoms with Crippen molar-refractivity contribution in [3.8, 4) is 0 Å². The lowest BCUT2D eigenvalue weighted by molar-refractivity contribution is 0.501. The molecule has 0 aliphatic rings. The molecule has 0 saturated carbocycles. The molecule has 2 N–H and O–H groups in total. The van der Waals surface area contributed by atoms with Crippen LogP contribution in [-0.2, 0) is 6.42 Å². The van der Waals surface area contributed by atoms with Crippen molar-refractivity contribution in [2.24, 2.45) is 5.92 Å². The summed E-state index contributed by atoms with van der Waals surface area (Å²) < 4.78 is 0. The molecule has 0 bridgehead atoms. The Morgan fingerprint density at radius 2 is 1.83 bits per heavy atom. The summed E-state index contributed by atoms with van der Waals surface area (Å²) in [5, 5.41) is 0. The Labute approximate surface area is 111 Å². The maximum atomic E-state index is 5.96. The van der Waals surface area contributed by atoms with Gasteiger partial charge in [0.05, 0.1) is 0 Å². The minimum atomic E-state index is 0.447. The Hall–Kier alpha value is -1.32. The summed E-state index contributed by atoms with van der Waals surface area (Å²) in [6, 6.07) is 0.447. The molecule has 1 atom stereocenters. The topological polar surface area (TPSA) is 55.0 Å². The van der Waals surface area contributed by atoms with E-state index in [1.807, 2.05) is 13.8 Å². The van der Waals surface area contributed by atoms with Crippen LogP contribution in [0.4, 0.5) is 11.6 Å². The molecule has 0 spiro atoms. The van der Waals surface area contributed by atoms with E-state index in [1.165, 1.54) is 0 Å². The van der Waals surface area contributed by atoms with Crippen molar-refractivity contribution < 1.29 is 0 Å². The van der Waals surface area contributed by atoms with Crippen molar-refractivity contribution in [1.29, 1.82) is 0 Å². The summed E-state index contributed by atoms with van der Waals surface area (Å²) in [6.07, 6.45) is 1.95. The summed E-state index contributed by atoms with van der Waals surface area (Å²) >= 11 is 0. The molecular weight excluding hydrogens is 224 g/mol. The van der Waals surface area contributed by atoms with Gasteiger partial charge in [-0.15, -0.1) is 0 Å². The zero-order chi connectivity index (χ0) is 13.9. The van der Waals surface area contributed by atoms with Gasteiger partial charge in [0.15, 0.2) is 0 Å². The van der Waals surface area contributed by atoms with Crippen molar-refractivity contribution >= 4 is 11.6 Å². The molecular formula is C14H26N4. The zero-order valence-electron chi connectivity index (χ0n) is 12.5. The van der Waals surface area contributed by atoms with Crippen LogP contribution < -0.4 is 10.6 Å². The number of hydrogen-bond acceptors (Lipinski definition) is 4. The van der Waals surface area contributed by atoms with E-state index < -0.39 is 0 Å². The van der Waals surface area contributed by atoms with E-state index in [9.17, 15) is 0 Å². The summed E-state index contributed by atoms with van der Waals surface area (Å²) in [7, 11) is 2.08. The molecule has 0 radical (unpaired) electrons. The van der Waals surface area contributed by atoms with Gasteiger partial charge in [-0.3, -0.25) is 0 Å². The molecule has 18 heavy (non-hydrogen) atoms. The number of hydrogen-bond donors (Lipinski definition) is 1. The highest BCUT2D eigenvalue weighted by molar-refractivity contribution is 5.56. The van der Waals surface area contributed by atoms with E-state index >= 15 is 0 Å². The van der Waals surface area contributed by atoms with Crippen LogP contribution in [0.2, 0.25) is 0 Å². The highest BCUT2D eigenvalue weighted by Gasteiger charge is 2.17. The van der Waals surface area contributed by atoms with Crippen LogP contribution in [0.3, 0.4) is 0 Å². The van der Waals surface area contributed by atoms with E-state index in [1.54, 1.807) is 0 Å². The van der Waals surface area contributed by atoms with Gasteiger partial charge in [0.2, 0.25) is 0 Å². The van der Waals surface area contributed by atoms with Crippen molar-refractivity contribution in [3.63, 3.8) is 0 Å². The molecule has 1 unspecified atom stereocenters. The lowest BCUT2D eigenvalue weighted by Crippen LogP contribution is -2.32. The van der Waals surface area contributed by atoms with Crippen LogP contribution >= 0.6 is 0 Å². The summed E-state index contributed by atoms with van der Waals surface area (Å²) in [5.74, 6) is 3.05. The van der Waals surface area contributed by atoms with E-state index in [0.29, 0.717) is 17.8 Å². The number of nitrogens with two attached hydrogens (primary N) is 1. The molecule has 0 saturated heterocycles. The average Bonchev–Trinajstić information content (AvgIpc) is 2.30. The Morgan fingerprint density at radius 3 is 2.33 bits per heavy atom. The van der Waals surface area contributed by atoms with Gasteiger partial charge in [-0.1, -0.05) is 20.8 Å². The minimum Gasteiger partial charge on any atom is -0.383 e. The third-order valence-corrected chi connectivity index (χ3v) is 3.33. The normalized spacial score (nSPS) is 12.8. The largest absolute Gasteiger partial charge is 0.383 e. The fraction of sp³-hybridized carbons (Fsp3) is 0.714. The predicted octanol–water partition coefficient (Wildman–Crippen LogP) is 2.80. The van der Waals surface area contributed by atoms with Crippen LogP contribution in [0, 0.1) is 12.8 Å². The van der Waals surface area contributed by atoms with Gasteiger partial charge >= 0.3 is 0 Å². The molecule has 0 fully saturated rings. The Morgan fingerprint density at radius 1 is 1.22 bits per heavy atom. The second-order valence-corrected chi connectivity index (χ2v) is 5.42. The monoisotopic (exact) mass is 250 g/mol. The zero-order valence-corrected chi connectivity index (χ0v) is 12.5. The highest BCUT2D eigenvalue weighted by Crippen LogP contribution is 2.24. The molecule has 0 aliphatic heterocycles. The molecule has 0 aromatic carbocycles. The fourth-order valence-corrected chi connectivity index (χ4v) is 2.12. The first-order chi connectivity index (χ1) is 8.36. The number of aryl methyl sites for hydroxylation is 1. The summed E-state index contributed by atoms with van der Waals surface area (Å²) in [4.78, 5) is 11.1. The van der Waals surface area contributed by atoms with Gasteiger partial charge in [-0.25, -0.2) is 9.97 Å². The van der Waals surface area contributed by atoms with Crippen LogP contribution in [0.5, 0.6) is 0 Å². The molecule has 1 aromatic heterocycles. The number of nitrogen functional groups attached to an aromatic ring is 1. The molecule has 0 amide bonds. The first-order valence-corrected chi connectivity index (χ1v) is 6.72. The Kier molecular flexibility index (Phi) is 4.93. The van der Waals surface area contributed by atoms with Gasteiger partial charge in [0.1, 0.15) is 17.5 Å². The fourth-order valence-electron chi connectivity index (χ4n) is 2.12. The van der Waals surface area contributed by atoms with Gasteiger partial charge in [-0.05, 0) is 26.2 Å². The van der Waals surface area contributed by atoms with Crippen molar-refractivity contribution in [1.82, 2.24) is 9.97 Å². The molecule has 1 aromatic rings. The van der Waals surface area contributed by atoms with Crippen LogP contribution in [0.1, 0.15) is 45.5 Å². The lowest BCUT2D eigenvalue weighted by atomic mass is 10.0. The third-order valence-electron chi connectivity index (χ3n) is 3.33. The standard InChI is InChI=1S/C14H26N4/c1-7-12-16-13(15)11(5)14(17-12)18(6)10(4)8-9(2)3/h9-10H,7-8H2,1-6H3,(H2,15,16,17). The average molecular weight is 250 g/mol. The maximum Gasteiger partial charge on any atom is 0.137 e. The first kappa shape index (κ1) is 14.7. The number of anilines is 2. The quantitative estimate of drug-likeness (QED) is 0.873. The number of aromatic nitrogens is 2. The van der Waals surface area contributed by atoms with Gasteiger partial charge in [-0.2, -0.15) is 0 Å². The van der Waals surface area contributed by atoms with Gasteiger partial charge < -0.3 is 10.6 Å². The Bertz CT molecular complexity index is 401. The summed E-state index contributed by atoms with van der Waals surface area (Å²) in [5.41, 5.74) is 6.94. The van der Waals surface area contributed by atoms with E-state index in [4.69, 9.17) is 5.73 Å². The smallest absolute Gasteiger partial charge is 0.137 e. The lowest BCUT2D eigenvalue weighted by Gasteiger charge is -2.29. The predicted molar refractivity (Wildman–Crippen MR) is 77.9 cm³/mol. The molecule has 0 aliphatic carbocycles. The van der Waals surface area contributed by atoms with Crippen LogP contribution in [0.15, 0.2) is 0 Å². The third kappa shape index (κ3) is 3.34. The number of rotatable bonds is 5. The van der Waals surface area contributed by atoms with Crippen LogP contribution in [-0.4, -0.2) is 23.1 Å². The van der Waals surface area contributed by atoms with Gasteiger partial charge in [0.25, 0.3) is 0 Å². The van der Waals surface area contributed by atoms with E-state index in [0.717, 1.165) is 30.0 Å². The molecule has 4 heteroatoms. The van der Waals surface area contributed by atoms with E-state index in [2.05, 4.69) is 42.7 Å². The van der Waals surface area contributed by atoms with Crippen LogP contribution in [0.25, 0.3) is 0 Å². The second-order valence-electron chi connectivity index (χ2n) is 5.42.